The van der Waals surface area contributed by atoms with Crippen molar-refractivity contribution >= 4 is 23.6 Å². The van der Waals surface area contributed by atoms with E-state index in [9.17, 15) is 22.8 Å². The van der Waals surface area contributed by atoms with Crippen LogP contribution in [0.25, 0.3) is 0 Å². The Hall–Kier alpha value is -3.04. The molecular formula is C19H20F3N5O2. The molecule has 4 rings (SSSR count). The third kappa shape index (κ3) is 2.85. The molecule has 1 saturated heterocycles. The molecule has 2 unspecified atom stereocenters. The predicted molar refractivity (Wildman–Crippen MR) is 99.7 cm³/mol. The molecule has 3 aliphatic rings. The maximum absolute atomic E-state index is 13.0. The van der Waals surface area contributed by atoms with Crippen molar-refractivity contribution in [1.82, 2.24) is 14.7 Å². The molecule has 3 heterocycles. The number of likely N-dealkylation sites (N-methyl/N-ethyl adjacent to an activating group) is 1. The number of fused-ring (bicyclic) bond motifs is 3. The molecule has 1 aromatic rings. The lowest BCUT2D eigenvalue weighted by molar-refractivity contribution is -0.138. The van der Waals surface area contributed by atoms with Gasteiger partial charge in [0.05, 0.1) is 5.56 Å². The summed E-state index contributed by atoms with van der Waals surface area (Å²) in [5.74, 6) is 0.0978. The normalized spacial score (nSPS) is 24.1. The third-order valence-corrected chi connectivity index (χ3v) is 5.29. The summed E-state index contributed by atoms with van der Waals surface area (Å²) in [5, 5.41) is 0. The van der Waals surface area contributed by atoms with E-state index < -0.39 is 30.0 Å². The van der Waals surface area contributed by atoms with Gasteiger partial charge in [0.25, 0.3) is 5.91 Å². The number of urea groups is 1. The van der Waals surface area contributed by atoms with Crippen molar-refractivity contribution in [2.24, 2.45) is 4.99 Å². The fourth-order valence-corrected chi connectivity index (χ4v) is 3.90. The second-order valence-corrected chi connectivity index (χ2v) is 7.23. The third-order valence-electron chi connectivity index (χ3n) is 5.29. The molecule has 0 N–H and O–H groups in total. The lowest BCUT2D eigenvalue weighted by atomic mass is 10.1. The maximum atomic E-state index is 13.0. The molecule has 154 valence electrons. The number of carbonyl (C=O) groups is 2. The van der Waals surface area contributed by atoms with E-state index in [2.05, 4.69) is 4.99 Å². The Bertz CT molecular complexity index is 925. The van der Waals surface area contributed by atoms with Gasteiger partial charge in [-0.15, -0.1) is 0 Å². The van der Waals surface area contributed by atoms with Gasteiger partial charge in [0.1, 0.15) is 0 Å². The van der Waals surface area contributed by atoms with Crippen molar-refractivity contribution in [2.45, 2.75) is 38.7 Å². The summed E-state index contributed by atoms with van der Waals surface area (Å²) in [6, 6.07) is 3.68. The number of hydrogen-bond donors (Lipinski definition) is 0. The molecule has 0 radical (unpaired) electrons. The minimum Gasteiger partial charge on any atom is -0.302 e. The van der Waals surface area contributed by atoms with Crippen molar-refractivity contribution in [3.63, 3.8) is 0 Å². The molecule has 10 heteroatoms. The van der Waals surface area contributed by atoms with Gasteiger partial charge in [-0.3, -0.25) is 14.6 Å². The highest BCUT2D eigenvalue weighted by Gasteiger charge is 2.54. The minimum absolute atomic E-state index is 0.319. The first-order chi connectivity index (χ1) is 13.6. The fraction of sp³-hybridized carbons (Fsp3) is 0.421. The van der Waals surface area contributed by atoms with Crippen LogP contribution in [0.4, 0.5) is 23.7 Å². The molecule has 2 atom stereocenters. The molecule has 0 aromatic heterocycles. The molecule has 0 aliphatic carbocycles. The first-order valence-corrected chi connectivity index (χ1v) is 9.25. The summed E-state index contributed by atoms with van der Waals surface area (Å²) < 4.78 is 38.6. The molecule has 7 nitrogen and oxygen atoms in total. The molecule has 0 bridgehead atoms. The molecule has 29 heavy (non-hydrogen) atoms. The van der Waals surface area contributed by atoms with Gasteiger partial charge in [0.2, 0.25) is 5.96 Å². The molecular weight excluding hydrogens is 387 g/mol. The predicted octanol–water partition coefficient (Wildman–Crippen LogP) is 3.06. The van der Waals surface area contributed by atoms with Crippen LogP contribution in [0.1, 0.15) is 25.8 Å². The van der Waals surface area contributed by atoms with Gasteiger partial charge in [-0.2, -0.15) is 13.2 Å². The van der Waals surface area contributed by atoms with Crippen molar-refractivity contribution in [2.75, 3.05) is 18.5 Å². The van der Waals surface area contributed by atoms with E-state index in [1.807, 2.05) is 6.92 Å². The van der Waals surface area contributed by atoms with Crippen molar-refractivity contribution in [3.05, 3.63) is 41.7 Å². The lowest BCUT2D eigenvalue weighted by Gasteiger charge is -2.40. The van der Waals surface area contributed by atoms with Gasteiger partial charge in [-0.05, 0) is 37.6 Å². The summed E-state index contributed by atoms with van der Waals surface area (Å²) in [5.41, 5.74) is 0.478. The largest absolute Gasteiger partial charge is 0.416 e. The van der Waals surface area contributed by atoms with Crippen LogP contribution in [-0.4, -0.2) is 58.4 Å². The molecule has 1 fully saturated rings. The average Bonchev–Trinajstić information content (AvgIpc) is 3.17. The van der Waals surface area contributed by atoms with E-state index in [-0.39, 0.29) is 5.91 Å². The van der Waals surface area contributed by atoms with E-state index in [0.717, 1.165) is 17.8 Å². The zero-order chi connectivity index (χ0) is 21.1. The summed E-state index contributed by atoms with van der Waals surface area (Å²) >= 11 is 0. The Morgan fingerprint density at radius 3 is 2.38 bits per heavy atom. The van der Waals surface area contributed by atoms with Gasteiger partial charge in [0, 0.05) is 31.2 Å². The number of anilines is 1. The van der Waals surface area contributed by atoms with Crippen molar-refractivity contribution in [3.8, 4) is 0 Å². The van der Waals surface area contributed by atoms with E-state index in [1.165, 1.54) is 21.9 Å². The topological polar surface area (TPSA) is 59.5 Å². The number of halogens is 3. The van der Waals surface area contributed by atoms with E-state index in [0.29, 0.717) is 24.6 Å². The molecule has 1 aromatic carbocycles. The van der Waals surface area contributed by atoms with Gasteiger partial charge >= 0.3 is 12.2 Å². The highest BCUT2D eigenvalue weighted by molar-refractivity contribution is 6.09. The summed E-state index contributed by atoms with van der Waals surface area (Å²) in [6.45, 7) is 3.99. The number of nitrogens with zero attached hydrogens (tertiary/aromatic N) is 5. The van der Waals surface area contributed by atoms with Crippen LogP contribution in [0, 0.1) is 0 Å². The number of benzene rings is 1. The van der Waals surface area contributed by atoms with Crippen LogP contribution < -0.4 is 4.90 Å². The highest BCUT2D eigenvalue weighted by atomic mass is 19.4. The number of carbonyl (C=O) groups excluding carboxylic acids is 2. The number of rotatable bonds is 3. The highest BCUT2D eigenvalue weighted by Crippen LogP contribution is 2.37. The summed E-state index contributed by atoms with van der Waals surface area (Å²) in [6.07, 6.45) is -2.71. The number of amides is 3. The summed E-state index contributed by atoms with van der Waals surface area (Å²) in [7, 11) is 1.60. The van der Waals surface area contributed by atoms with Crippen LogP contribution in [0.15, 0.2) is 41.2 Å². The van der Waals surface area contributed by atoms with Gasteiger partial charge in [-0.1, -0.05) is 6.92 Å². The number of allylic oxidation sites excluding steroid dienone is 1. The van der Waals surface area contributed by atoms with Crippen LogP contribution in [0.2, 0.25) is 0 Å². The Labute approximate surface area is 165 Å². The van der Waals surface area contributed by atoms with Crippen molar-refractivity contribution < 1.29 is 22.8 Å². The zero-order valence-corrected chi connectivity index (χ0v) is 16.1. The lowest BCUT2D eigenvalue weighted by Crippen LogP contribution is -2.64. The standard InChI is InChI=1S/C19H20F3N5O2/c1-4-9-25-16(28)14-15(24(3)18(25)29)23-17-26(14)10-11(2)27(17)13-7-5-12(6-8-13)19(20,21)22/h5-8,10,14-15H,4,9H2,1-3H3. The Kier molecular flexibility index (Phi) is 4.32. The number of aliphatic imine (C=N–C) groups is 1. The monoisotopic (exact) mass is 407 g/mol. The van der Waals surface area contributed by atoms with Gasteiger partial charge in [-0.25, -0.2) is 9.79 Å². The molecule has 0 spiro atoms. The van der Waals surface area contributed by atoms with Crippen LogP contribution in [-0.2, 0) is 11.0 Å². The van der Waals surface area contributed by atoms with Crippen LogP contribution >= 0.6 is 0 Å². The van der Waals surface area contributed by atoms with E-state index in [4.69, 9.17) is 0 Å². The van der Waals surface area contributed by atoms with Crippen LogP contribution in [0.5, 0.6) is 0 Å². The molecule has 3 amide bonds. The molecule has 3 aliphatic heterocycles. The van der Waals surface area contributed by atoms with Gasteiger partial charge < -0.3 is 9.80 Å². The average molecular weight is 407 g/mol. The fourth-order valence-electron chi connectivity index (χ4n) is 3.90. The van der Waals surface area contributed by atoms with E-state index in [1.54, 1.807) is 30.0 Å². The van der Waals surface area contributed by atoms with Crippen LogP contribution in [0.3, 0.4) is 0 Å². The van der Waals surface area contributed by atoms with Gasteiger partial charge in [0.15, 0.2) is 12.2 Å². The first-order valence-electron chi connectivity index (χ1n) is 9.25. The van der Waals surface area contributed by atoms with E-state index >= 15 is 0 Å². The Morgan fingerprint density at radius 2 is 1.79 bits per heavy atom. The SMILES string of the molecule is CCCN1C(=O)C2C(N=C3N(c4ccc(C(F)(F)F)cc4)C(C)=CN32)N(C)C1=O. The quantitative estimate of drug-likeness (QED) is 0.773. The maximum Gasteiger partial charge on any atom is 0.416 e. The smallest absolute Gasteiger partial charge is 0.302 e. The summed E-state index contributed by atoms with van der Waals surface area (Å²) in [4.78, 5) is 36.2. The first kappa shape index (κ1) is 19.3. The number of guanidine groups is 1. The Morgan fingerprint density at radius 1 is 1.14 bits per heavy atom. The second kappa shape index (κ2) is 6.50. The van der Waals surface area contributed by atoms with Crippen molar-refractivity contribution in [1.29, 1.82) is 0 Å². The molecule has 0 saturated carbocycles. The Balaban J connectivity index is 1.68. The minimum atomic E-state index is -4.42. The number of hydrogen-bond acceptors (Lipinski definition) is 5. The number of imide groups is 1. The zero-order valence-electron chi connectivity index (χ0n) is 16.1. The second-order valence-electron chi connectivity index (χ2n) is 7.23. The number of alkyl halides is 3.